The van der Waals surface area contributed by atoms with Gasteiger partial charge in [-0.05, 0) is 51.6 Å². The van der Waals surface area contributed by atoms with Crippen LogP contribution in [0.2, 0.25) is 0 Å². The van der Waals surface area contributed by atoms with Crippen LogP contribution in [0.5, 0.6) is 5.75 Å². The molecule has 1 N–H and O–H groups in total. The van der Waals surface area contributed by atoms with E-state index in [0.717, 1.165) is 44.6 Å². The van der Waals surface area contributed by atoms with E-state index in [1.807, 2.05) is 12.1 Å². The molecule has 1 aromatic carbocycles. The Kier molecular flexibility index (Phi) is 4.70. The number of nitrogens with zero attached hydrogens (tertiary/aromatic N) is 1. The number of hydrogen-bond donors (Lipinski definition) is 1. The highest BCUT2D eigenvalue weighted by molar-refractivity contribution is 5.66. The molecule has 0 unspecified atom stereocenters. The summed E-state index contributed by atoms with van der Waals surface area (Å²) in [5, 5.41) is 8.85. The number of rotatable bonds is 4. The van der Waals surface area contributed by atoms with Crippen LogP contribution in [0.3, 0.4) is 0 Å². The third-order valence-corrected chi connectivity index (χ3v) is 6.35. The Morgan fingerprint density at radius 3 is 2.96 bits per heavy atom. The van der Waals surface area contributed by atoms with Crippen LogP contribution >= 0.6 is 0 Å². The number of carboxylic acids is 1. The van der Waals surface area contributed by atoms with Crippen molar-refractivity contribution in [2.24, 2.45) is 11.8 Å². The zero-order chi connectivity index (χ0) is 18.3. The predicted molar refractivity (Wildman–Crippen MR) is 98.3 cm³/mol. The summed E-state index contributed by atoms with van der Waals surface area (Å²) in [5.74, 6) is 1.10. The third kappa shape index (κ3) is 3.35. The van der Waals surface area contributed by atoms with Gasteiger partial charge in [-0.3, -0.25) is 4.79 Å². The van der Waals surface area contributed by atoms with Gasteiger partial charge in [0.05, 0.1) is 12.2 Å². The SMILES string of the molecule is CC1(C)Oc2ccccc2[C@H]2O[C@H]3CCN(CCCC(=O)O)C[C@@H]3C[C@@H]21. The second-order valence-electron chi connectivity index (χ2n) is 8.53. The topological polar surface area (TPSA) is 59.0 Å². The Bertz CT molecular complexity index is 674. The van der Waals surface area contributed by atoms with Crippen molar-refractivity contribution >= 4 is 5.97 Å². The molecule has 1 aromatic rings. The van der Waals surface area contributed by atoms with Crippen molar-refractivity contribution in [1.82, 2.24) is 4.90 Å². The minimum atomic E-state index is -0.705. The van der Waals surface area contributed by atoms with E-state index < -0.39 is 5.97 Å². The first-order chi connectivity index (χ1) is 12.4. The fourth-order valence-corrected chi connectivity index (χ4v) is 4.99. The first-order valence-electron chi connectivity index (χ1n) is 9.81. The number of carboxylic acid groups (broad SMARTS) is 1. The molecular weight excluding hydrogens is 330 g/mol. The molecule has 3 aliphatic heterocycles. The smallest absolute Gasteiger partial charge is 0.303 e. The predicted octanol–water partition coefficient (Wildman–Crippen LogP) is 3.49. The summed E-state index contributed by atoms with van der Waals surface area (Å²) in [7, 11) is 0. The molecule has 0 aromatic heterocycles. The van der Waals surface area contributed by atoms with Crippen molar-refractivity contribution in [3.63, 3.8) is 0 Å². The van der Waals surface area contributed by atoms with Gasteiger partial charge in [-0.25, -0.2) is 0 Å². The molecule has 3 aliphatic rings. The fraction of sp³-hybridized carbons (Fsp3) is 0.667. The largest absolute Gasteiger partial charge is 0.487 e. The van der Waals surface area contributed by atoms with E-state index >= 15 is 0 Å². The summed E-state index contributed by atoms with van der Waals surface area (Å²) < 4.78 is 13.0. The molecule has 2 saturated heterocycles. The minimum absolute atomic E-state index is 0.120. The zero-order valence-corrected chi connectivity index (χ0v) is 15.7. The Balaban J connectivity index is 1.47. The number of aliphatic carboxylic acids is 1. The fourth-order valence-electron chi connectivity index (χ4n) is 4.99. The number of hydrogen-bond acceptors (Lipinski definition) is 4. The summed E-state index contributed by atoms with van der Waals surface area (Å²) in [6.07, 6.45) is 3.53. The van der Waals surface area contributed by atoms with E-state index in [-0.39, 0.29) is 18.1 Å². The second-order valence-corrected chi connectivity index (χ2v) is 8.53. The van der Waals surface area contributed by atoms with Gasteiger partial charge in [0, 0.05) is 31.0 Å². The zero-order valence-electron chi connectivity index (χ0n) is 15.7. The van der Waals surface area contributed by atoms with E-state index in [0.29, 0.717) is 17.9 Å². The van der Waals surface area contributed by atoms with Gasteiger partial charge in [0.15, 0.2) is 0 Å². The molecule has 4 atom stereocenters. The van der Waals surface area contributed by atoms with Crippen LogP contribution < -0.4 is 4.74 Å². The Morgan fingerprint density at radius 2 is 2.15 bits per heavy atom. The van der Waals surface area contributed by atoms with Crippen LogP contribution in [0.1, 0.15) is 51.2 Å². The normalized spacial score (nSPS) is 32.7. The number of likely N-dealkylation sites (tertiary alicyclic amines) is 1. The standard InChI is InChI=1S/C21H29NO4/c1-21(2)16-12-14-13-22(10-5-8-19(23)24)11-9-17(14)25-20(16)15-6-3-4-7-18(15)26-21/h3-4,6-7,14,16-17,20H,5,8-13H2,1-2H3,(H,23,24)/t14-,16-,17-,20+/m0/s1. The van der Waals surface area contributed by atoms with Gasteiger partial charge in [-0.2, -0.15) is 0 Å². The average molecular weight is 359 g/mol. The number of benzene rings is 1. The number of ether oxygens (including phenoxy) is 2. The Hall–Kier alpha value is -1.59. The molecule has 0 spiro atoms. The molecular formula is C21H29NO4. The Morgan fingerprint density at radius 1 is 1.35 bits per heavy atom. The molecule has 5 nitrogen and oxygen atoms in total. The van der Waals surface area contributed by atoms with E-state index in [1.165, 1.54) is 5.56 Å². The lowest BCUT2D eigenvalue weighted by Crippen LogP contribution is -2.55. The highest BCUT2D eigenvalue weighted by Gasteiger charge is 2.51. The molecule has 26 heavy (non-hydrogen) atoms. The molecule has 5 heteroatoms. The molecule has 0 bridgehead atoms. The number of piperidine rings is 1. The van der Waals surface area contributed by atoms with Crippen LogP contribution in [0, 0.1) is 11.8 Å². The summed E-state index contributed by atoms with van der Waals surface area (Å²) in [6.45, 7) is 7.23. The molecule has 0 radical (unpaired) electrons. The summed E-state index contributed by atoms with van der Waals surface area (Å²) in [6, 6.07) is 8.28. The number of fused-ring (bicyclic) bond motifs is 4. The molecule has 142 valence electrons. The first-order valence-corrected chi connectivity index (χ1v) is 9.81. The van der Waals surface area contributed by atoms with Crippen molar-refractivity contribution in [3.05, 3.63) is 29.8 Å². The summed E-state index contributed by atoms with van der Waals surface area (Å²) in [5.41, 5.74) is 0.953. The van der Waals surface area contributed by atoms with Gasteiger partial charge in [0.25, 0.3) is 0 Å². The van der Waals surface area contributed by atoms with Crippen LogP contribution in [0.15, 0.2) is 24.3 Å². The van der Waals surface area contributed by atoms with Crippen LogP contribution in [0.25, 0.3) is 0 Å². The maximum atomic E-state index is 10.7. The Labute approximate surface area is 155 Å². The van der Waals surface area contributed by atoms with E-state index in [9.17, 15) is 4.79 Å². The molecule has 0 saturated carbocycles. The van der Waals surface area contributed by atoms with E-state index in [1.54, 1.807) is 0 Å². The van der Waals surface area contributed by atoms with E-state index in [2.05, 4.69) is 30.9 Å². The third-order valence-electron chi connectivity index (χ3n) is 6.35. The second kappa shape index (κ2) is 6.86. The highest BCUT2D eigenvalue weighted by Crippen LogP contribution is 2.52. The maximum Gasteiger partial charge on any atom is 0.303 e. The monoisotopic (exact) mass is 359 g/mol. The van der Waals surface area contributed by atoms with Crippen LogP contribution in [0.4, 0.5) is 0 Å². The minimum Gasteiger partial charge on any atom is -0.487 e. The maximum absolute atomic E-state index is 10.7. The lowest BCUT2D eigenvalue weighted by atomic mass is 9.70. The first kappa shape index (κ1) is 17.8. The molecule has 3 heterocycles. The van der Waals surface area contributed by atoms with Crippen LogP contribution in [-0.4, -0.2) is 47.3 Å². The average Bonchev–Trinajstić information content (AvgIpc) is 2.60. The van der Waals surface area contributed by atoms with Crippen molar-refractivity contribution in [2.45, 2.75) is 57.3 Å². The lowest BCUT2D eigenvalue weighted by Gasteiger charge is -2.53. The van der Waals surface area contributed by atoms with Crippen molar-refractivity contribution in [2.75, 3.05) is 19.6 Å². The van der Waals surface area contributed by atoms with E-state index in [4.69, 9.17) is 14.6 Å². The van der Waals surface area contributed by atoms with Gasteiger partial charge < -0.3 is 19.5 Å². The van der Waals surface area contributed by atoms with Gasteiger partial charge in [0.1, 0.15) is 11.4 Å². The van der Waals surface area contributed by atoms with Crippen molar-refractivity contribution in [1.29, 1.82) is 0 Å². The molecule has 4 rings (SSSR count). The number of para-hydroxylation sites is 1. The quantitative estimate of drug-likeness (QED) is 0.892. The van der Waals surface area contributed by atoms with Crippen molar-refractivity contribution < 1.29 is 19.4 Å². The number of carbonyl (C=O) groups is 1. The summed E-state index contributed by atoms with van der Waals surface area (Å²) >= 11 is 0. The lowest BCUT2D eigenvalue weighted by molar-refractivity contribution is -0.187. The van der Waals surface area contributed by atoms with Crippen LogP contribution in [-0.2, 0) is 9.53 Å². The van der Waals surface area contributed by atoms with Gasteiger partial charge in [-0.1, -0.05) is 18.2 Å². The molecule has 2 fully saturated rings. The molecule has 0 aliphatic carbocycles. The highest BCUT2D eigenvalue weighted by atomic mass is 16.5. The van der Waals surface area contributed by atoms with Gasteiger partial charge in [0.2, 0.25) is 0 Å². The molecule has 0 amide bonds. The van der Waals surface area contributed by atoms with Gasteiger partial charge >= 0.3 is 5.97 Å². The van der Waals surface area contributed by atoms with Gasteiger partial charge in [-0.15, -0.1) is 0 Å². The summed E-state index contributed by atoms with van der Waals surface area (Å²) in [4.78, 5) is 13.2. The van der Waals surface area contributed by atoms with Crippen molar-refractivity contribution in [3.8, 4) is 5.75 Å².